The lowest BCUT2D eigenvalue weighted by Gasteiger charge is -2.21. The van der Waals surface area contributed by atoms with Crippen molar-refractivity contribution in [3.8, 4) is 0 Å². The summed E-state index contributed by atoms with van der Waals surface area (Å²) in [5, 5.41) is 3.13. The van der Waals surface area contributed by atoms with Gasteiger partial charge in [0.2, 0.25) is 5.91 Å². The van der Waals surface area contributed by atoms with E-state index in [0.717, 1.165) is 13.0 Å². The molecule has 1 heterocycles. The van der Waals surface area contributed by atoms with Crippen molar-refractivity contribution in [1.82, 2.24) is 5.32 Å². The molecule has 0 spiro atoms. The van der Waals surface area contributed by atoms with E-state index >= 15 is 0 Å². The number of hydrogen-bond acceptors (Lipinski definition) is 2. The molecule has 2 atom stereocenters. The molecule has 0 bridgehead atoms. The van der Waals surface area contributed by atoms with Crippen LogP contribution in [-0.2, 0) is 4.79 Å². The van der Waals surface area contributed by atoms with Gasteiger partial charge in [0.15, 0.2) is 0 Å². The highest BCUT2D eigenvalue weighted by molar-refractivity contribution is 9.09. The molecule has 98 valence electrons. The molecule has 1 aliphatic carbocycles. The van der Waals surface area contributed by atoms with Gasteiger partial charge in [-0.25, -0.2) is 0 Å². The number of halogens is 1. The summed E-state index contributed by atoms with van der Waals surface area (Å²) in [5.41, 5.74) is 0. The maximum atomic E-state index is 11.8. The Morgan fingerprint density at radius 1 is 1.24 bits per heavy atom. The Labute approximate surface area is 117 Å². The average molecular weight is 320 g/mol. The second-order valence-corrected chi connectivity index (χ2v) is 7.67. The van der Waals surface area contributed by atoms with Gasteiger partial charge in [-0.1, -0.05) is 22.4 Å². The second kappa shape index (κ2) is 7.03. The summed E-state index contributed by atoms with van der Waals surface area (Å²) in [7, 11) is 0. The SMILES string of the molecule is O=C(CC1CCSCC1)NCC1CCCC1Br. The van der Waals surface area contributed by atoms with Crippen molar-refractivity contribution in [2.24, 2.45) is 11.8 Å². The van der Waals surface area contributed by atoms with E-state index in [4.69, 9.17) is 0 Å². The first kappa shape index (κ1) is 13.7. The molecule has 2 fully saturated rings. The minimum Gasteiger partial charge on any atom is -0.356 e. The Morgan fingerprint density at radius 3 is 2.65 bits per heavy atom. The van der Waals surface area contributed by atoms with Gasteiger partial charge >= 0.3 is 0 Å². The van der Waals surface area contributed by atoms with Gasteiger partial charge in [-0.3, -0.25) is 4.79 Å². The van der Waals surface area contributed by atoms with Crippen LogP contribution < -0.4 is 5.32 Å². The van der Waals surface area contributed by atoms with E-state index in [-0.39, 0.29) is 5.91 Å². The van der Waals surface area contributed by atoms with Crippen LogP contribution in [0.15, 0.2) is 0 Å². The summed E-state index contributed by atoms with van der Waals surface area (Å²) < 4.78 is 0. The van der Waals surface area contributed by atoms with Crippen LogP contribution in [0, 0.1) is 11.8 Å². The van der Waals surface area contributed by atoms with E-state index < -0.39 is 0 Å². The van der Waals surface area contributed by atoms with Crippen LogP contribution in [0.3, 0.4) is 0 Å². The van der Waals surface area contributed by atoms with Crippen LogP contribution in [0.25, 0.3) is 0 Å². The predicted molar refractivity (Wildman–Crippen MR) is 77.7 cm³/mol. The quantitative estimate of drug-likeness (QED) is 0.806. The molecular formula is C13H22BrNOS. The third kappa shape index (κ3) is 4.47. The van der Waals surface area contributed by atoms with Crippen LogP contribution in [-0.4, -0.2) is 28.8 Å². The molecule has 1 aliphatic heterocycles. The highest BCUT2D eigenvalue weighted by Gasteiger charge is 2.25. The summed E-state index contributed by atoms with van der Waals surface area (Å²) in [5.74, 6) is 4.04. The van der Waals surface area contributed by atoms with Crippen LogP contribution in [0.5, 0.6) is 0 Å². The molecule has 2 nitrogen and oxygen atoms in total. The maximum Gasteiger partial charge on any atom is 0.220 e. The molecule has 1 saturated heterocycles. The Morgan fingerprint density at radius 2 is 2.00 bits per heavy atom. The molecule has 2 aliphatic rings. The molecule has 2 rings (SSSR count). The molecule has 0 aromatic carbocycles. The normalized spacial score (nSPS) is 30.4. The van der Waals surface area contributed by atoms with E-state index in [2.05, 4.69) is 21.2 Å². The van der Waals surface area contributed by atoms with Crippen LogP contribution in [0.2, 0.25) is 0 Å². The molecule has 1 N–H and O–H groups in total. The third-order valence-electron chi connectivity index (χ3n) is 3.94. The zero-order chi connectivity index (χ0) is 12.1. The van der Waals surface area contributed by atoms with Crippen molar-refractivity contribution < 1.29 is 4.79 Å². The molecule has 0 radical (unpaired) electrons. The minimum absolute atomic E-state index is 0.272. The van der Waals surface area contributed by atoms with Crippen molar-refractivity contribution in [2.75, 3.05) is 18.1 Å². The molecule has 0 aromatic heterocycles. The Kier molecular flexibility index (Phi) is 5.67. The fourth-order valence-electron chi connectivity index (χ4n) is 2.75. The smallest absolute Gasteiger partial charge is 0.220 e. The first-order chi connectivity index (χ1) is 8.25. The zero-order valence-electron chi connectivity index (χ0n) is 10.3. The number of amides is 1. The molecule has 0 aromatic rings. The Hall–Kier alpha value is 0.300. The van der Waals surface area contributed by atoms with Crippen molar-refractivity contribution in [3.05, 3.63) is 0 Å². The first-order valence-corrected chi connectivity index (χ1v) is 8.81. The van der Waals surface area contributed by atoms with E-state index in [1.54, 1.807) is 0 Å². The van der Waals surface area contributed by atoms with Crippen LogP contribution >= 0.6 is 27.7 Å². The Bertz CT molecular complexity index is 256. The van der Waals surface area contributed by atoms with E-state index in [0.29, 0.717) is 16.7 Å². The minimum atomic E-state index is 0.272. The molecule has 2 unspecified atom stereocenters. The molecular weight excluding hydrogens is 298 g/mol. The largest absolute Gasteiger partial charge is 0.356 e. The van der Waals surface area contributed by atoms with E-state index in [1.165, 1.54) is 43.6 Å². The number of rotatable bonds is 4. The van der Waals surface area contributed by atoms with Gasteiger partial charge in [-0.15, -0.1) is 0 Å². The van der Waals surface area contributed by atoms with Gasteiger partial charge in [0.1, 0.15) is 0 Å². The fourth-order valence-corrected chi connectivity index (χ4v) is 4.73. The van der Waals surface area contributed by atoms with Crippen molar-refractivity contribution in [3.63, 3.8) is 0 Å². The van der Waals surface area contributed by atoms with Gasteiger partial charge in [0.25, 0.3) is 0 Å². The lowest BCUT2D eigenvalue weighted by atomic mass is 9.98. The summed E-state index contributed by atoms with van der Waals surface area (Å²) in [6.07, 6.45) is 7.03. The highest BCUT2D eigenvalue weighted by atomic mass is 79.9. The summed E-state index contributed by atoms with van der Waals surface area (Å²) in [6, 6.07) is 0. The van der Waals surface area contributed by atoms with Gasteiger partial charge < -0.3 is 5.32 Å². The van der Waals surface area contributed by atoms with Gasteiger partial charge in [-0.2, -0.15) is 11.8 Å². The lowest BCUT2D eigenvalue weighted by Crippen LogP contribution is -2.32. The van der Waals surface area contributed by atoms with Crippen LogP contribution in [0.1, 0.15) is 38.5 Å². The number of nitrogens with one attached hydrogen (secondary N) is 1. The number of hydrogen-bond donors (Lipinski definition) is 1. The van der Waals surface area contributed by atoms with Crippen LogP contribution in [0.4, 0.5) is 0 Å². The second-order valence-electron chi connectivity index (χ2n) is 5.27. The van der Waals surface area contributed by atoms with Gasteiger partial charge in [-0.05, 0) is 49.0 Å². The fraction of sp³-hybridized carbons (Fsp3) is 0.923. The molecule has 1 saturated carbocycles. The Balaban J connectivity index is 1.63. The molecule has 1 amide bonds. The summed E-state index contributed by atoms with van der Waals surface area (Å²) in [6.45, 7) is 0.871. The first-order valence-electron chi connectivity index (χ1n) is 6.74. The zero-order valence-corrected chi connectivity index (χ0v) is 12.7. The standard InChI is InChI=1S/C13H22BrNOS/c14-12-3-1-2-11(12)9-15-13(16)8-10-4-6-17-7-5-10/h10-12H,1-9H2,(H,15,16). The molecule has 17 heavy (non-hydrogen) atoms. The van der Waals surface area contributed by atoms with Crippen molar-refractivity contribution in [1.29, 1.82) is 0 Å². The monoisotopic (exact) mass is 319 g/mol. The maximum absolute atomic E-state index is 11.8. The highest BCUT2D eigenvalue weighted by Crippen LogP contribution is 2.31. The summed E-state index contributed by atoms with van der Waals surface area (Å²) >= 11 is 5.72. The number of carbonyl (C=O) groups excluding carboxylic acids is 1. The number of alkyl halides is 1. The number of carbonyl (C=O) groups is 1. The third-order valence-corrected chi connectivity index (χ3v) is 6.20. The van der Waals surface area contributed by atoms with Gasteiger partial charge in [0, 0.05) is 17.8 Å². The lowest BCUT2D eigenvalue weighted by molar-refractivity contribution is -0.122. The predicted octanol–water partition coefficient (Wildman–Crippen LogP) is 3.20. The number of thioether (sulfide) groups is 1. The van der Waals surface area contributed by atoms with E-state index in [1.807, 2.05) is 11.8 Å². The van der Waals surface area contributed by atoms with Crippen molar-refractivity contribution >= 4 is 33.6 Å². The summed E-state index contributed by atoms with van der Waals surface area (Å²) in [4.78, 5) is 12.5. The average Bonchev–Trinajstić information content (AvgIpc) is 2.74. The van der Waals surface area contributed by atoms with E-state index in [9.17, 15) is 4.79 Å². The molecule has 4 heteroatoms. The topological polar surface area (TPSA) is 29.1 Å². The van der Waals surface area contributed by atoms with Gasteiger partial charge in [0.05, 0.1) is 0 Å². The van der Waals surface area contributed by atoms with Crippen molar-refractivity contribution in [2.45, 2.75) is 43.4 Å².